The Morgan fingerprint density at radius 3 is 2.23 bits per heavy atom. The number of aryl methyl sites for hydroxylation is 1. The van der Waals surface area contributed by atoms with Crippen LogP contribution < -0.4 is 0 Å². The van der Waals surface area contributed by atoms with E-state index < -0.39 is 41.3 Å². The fraction of sp³-hybridized carbons (Fsp3) is 0.607. The number of nitrogens with zero attached hydrogens (tertiary/aromatic N) is 3. The number of carbonyl (C=O) groups is 2. The fourth-order valence-corrected chi connectivity index (χ4v) is 6.77. The molecule has 2 aromatic rings. The monoisotopic (exact) mass is 587 g/mol. The van der Waals surface area contributed by atoms with Crippen molar-refractivity contribution in [3.8, 4) is 0 Å². The highest BCUT2D eigenvalue weighted by Gasteiger charge is 2.43. The first-order chi connectivity index (χ1) is 18.5. The predicted molar refractivity (Wildman–Crippen MR) is 143 cm³/mol. The molecule has 2 saturated carbocycles. The van der Waals surface area contributed by atoms with Gasteiger partial charge in [0.1, 0.15) is 0 Å². The Hall–Kier alpha value is -2.26. The van der Waals surface area contributed by atoms with E-state index in [-0.39, 0.29) is 38.1 Å². The molecule has 4 rings (SSSR count). The third kappa shape index (κ3) is 7.09. The molecule has 1 N–H and O–H groups in total. The number of aliphatic carboxylic acids is 1. The van der Waals surface area contributed by atoms with Crippen molar-refractivity contribution in [3.63, 3.8) is 0 Å². The number of hydrogen-bond donors (Lipinski definition) is 1. The van der Waals surface area contributed by atoms with E-state index in [1.165, 1.54) is 4.90 Å². The lowest BCUT2D eigenvalue weighted by atomic mass is 9.86. The summed E-state index contributed by atoms with van der Waals surface area (Å²) in [4.78, 5) is 26.6. The topological polar surface area (TPSA) is 75.4 Å². The summed E-state index contributed by atoms with van der Waals surface area (Å²) < 4.78 is 44.2. The van der Waals surface area contributed by atoms with E-state index in [0.29, 0.717) is 28.6 Å². The van der Waals surface area contributed by atoms with Gasteiger partial charge in [-0.25, -0.2) is 0 Å². The number of hydrogen-bond acceptors (Lipinski definition) is 3. The molecule has 0 spiro atoms. The molecular formula is C28H34Cl2F3N3O3. The molecule has 6 nitrogen and oxygen atoms in total. The first-order valence-electron chi connectivity index (χ1n) is 13.6. The minimum Gasteiger partial charge on any atom is -0.481 e. The number of carbonyl (C=O) groups excluding carboxylic acids is 1. The third-order valence-electron chi connectivity index (χ3n) is 8.09. The van der Waals surface area contributed by atoms with E-state index in [4.69, 9.17) is 23.2 Å². The van der Waals surface area contributed by atoms with Gasteiger partial charge < -0.3 is 10.0 Å². The number of alkyl halides is 3. The molecule has 0 radical (unpaired) electrons. The van der Waals surface area contributed by atoms with Crippen LogP contribution in [0.15, 0.2) is 18.3 Å². The molecule has 1 heterocycles. The second-order valence-corrected chi connectivity index (χ2v) is 11.7. The van der Waals surface area contributed by atoms with Crippen LogP contribution in [0.25, 0.3) is 0 Å². The van der Waals surface area contributed by atoms with Gasteiger partial charge in [0.15, 0.2) is 5.69 Å². The maximum atomic E-state index is 14.4. The molecule has 214 valence electrons. The molecule has 0 saturated heterocycles. The smallest absolute Gasteiger partial charge is 0.433 e. The lowest BCUT2D eigenvalue weighted by Crippen LogP contribution is -2.38. The van der Waals surface area contributed by atoms with Gasteiger partial charge in [0.05, 0.1) is 23.7 Å². The number of benzene rings is 1. The van der Waals surface area contributed by atoms with Crippen molar-refractivity contribution in [2.45, 2.75) is 83.4 Å². The highest BCUT2D eigenvalue weighted by atomic mass is 35.5. The molecule has 2 aliphatic carbocycles. The Bertz CT molecular complexity index is 1160. The molecule has 1 amide bonds. The standard InChI is InChI=1S/C28H34Cl2F3N3O3/c1-17-13-23(29)21(24(30)14-17)11-12-35(16-18-5-3-2-4-6-18)26(37)22-15-34-36(25(22)28(31,32)33)20-9-7-19(8-10-20)27(38)39/h13-15,18-20H,2-12,16H2,1H3,(H,38,39). The molecule has 0 bridgehead atoms. The van der Waals surface area contributed by atoms with Crippen molar-refractivity contribution in [1.82, 2.24) is 14.7 Å². The second-order valence-electron chi connectivity index (χ2n) is 10.9. The molecule has 0 unspecified atom stereocenters. The minimum atomic E-state index is -4.80. The van der Waals surface area contributed by atoms with Gasteiger partial charge in [-0.05, 0) is 81.0 Å². The summed E-state index contributed by atoms with van der Waals surface area (Å²) >= 11 is 12.8. The van der Waals surface area contributed by atoms with Crippen molar-refractivity contribution in [2.24, 2.45) is 11.8 Å². The summed E-state index contributed by atoms with van der Waals surface area (Å²) in [5.74, 6) is -2.01. The summed E-state index contributed by atoms with van der Waals surface area (Å²) in [6.07, 6.45) is 2.62. The first kappa shape index (κ1) is 29.7. The number of carboxylic acids is 1. The molecule has 11 heteroatoms. The van der Waals surface area contributed by atoms with Gasteiger partial charge in [-0.15, -0.1) is 0 Å². The van der Waals surface area contributed by atoms with E-state index >= 15 is 0 Å². The number of rotatable bonds is 8. The fourth-order valence-electron chi connectivity index (χ4n) is 5.99. The predicted octanol–water partition coefficient (Wildman–Crippen LogP) is 7.60. The van der Waals surface area contributed by atoms with Crippen LogP contribution in [0.4, 0.5) is 13.2 Å². The second kappa shape index (κ2) is 12.5. The van der Waals surface area contributed by atoms with Crippen LogP contribution in [0, 0.1) is 18.8 Å². The van der Waals surface area contributed by atoms with Gasteiger partial charge in [-0.2, -0.15) is 18.3 Å². The molecule has 0 atom stereocenters. The Morgan fingerprint density at radius 1 is 1.05 bits per heavy atom. The van der Waals surface area contributed by atoms with Crippen molar-refractivity contribution in [3.05, 3.63) is 50.8 Å². The lowest BCUT2D eigenvalue weighted by Gasteiger charge is -2.31. The van der Waals surface area contributed by atoms with Gasteiger partial charge >= 0.3 is 12.1 Å². The lowest BCUT2D eigenvalue weighted by molar-refractivity contribution is -0.147. The van der Waals surface area contributed by atoms with Gasteiger partial charge in [-0.1, -0.05) is 42.5 Å². The number of carboxylic acid groups (broad SMARTS) is 1. The Morgan fingerprint density at radius 2 is 1.67 bits per heavy atom. The summed E-state index contributed by atoms with van der Waals surface area (Å²) in [5, 5.41) is 14.2. The van der Waals surface area contributed by atoms with Crippen molar-refractivity contribution >= 4 is 35.1 Å². The molecule has 2 fully saturated rings. The van der Waals surface area contributed by atoms with Gasteiger partial charge in [-0.3, -0.25) is 14.3 Å². The van der Waals surface area contributed by atoms with Gasteiger partial charge in [0.25, 0.3) is 5.91 Å². The van der Waals surface area contributed by atoms with Crippen LogP contribution in [-0.4, -0.2) is 44.8 Å². The van der Waals surface area contributed by atoms with Crippen LogP contribution >= 0.6 is 23.2 Å². The zero-order chi connectivity index (χ0) is 28.3. The quantitative estimate of drug-likeness (QED) is 0.345. The number of aromatic nitrogens is 2. The summed E-state index contributed by atoms with van der Waals surface area (Å²) in [6.45, 7) is 2.39. The molecule has 1 aromatic carbocycles. The number of halogens is 5. The molecule has 1 aromatic heterocycles. The van der Waals surface area contributed by atoms with Gasteiger partial charge in [0, 0.05) is 23.1 Å². The Balaban J connectivity index is 1.62. The van der Waals surface area contributed by atoms with Gasteiger partial charge in [0.2, 0.25) is 0 Å². The summed E-state index contributed by atoms with van der Waals surface area (Å²) in [5.41, 5.74) is 0.0157. The maximum absolute atomic E-state index is 14.4. The minimum absolute atomic E-state index is 0.171. The van der Waals surface area contributed by atoms with Crippen LogP contribution in [0.5, 0.6) is 0 Å². The highest BCUT2D eigenvalue weighted by Crippen LogP contribution is 2.39. The van der Waals surface area contributed by atoms with Crippen LogP contribution in [-0.2, 0) is 17.4 Å². The largest absolute Gasteiger partial charge is 0.481 e. The van der Waals surface area contributed by atoms with Crippen LogP contribution in [0.3, 0.4) is 0 Å². The van der Waals surface area contributed by atoms with E-state index in [2.05, 4.69) is 5.10 Å². The number of amides is 1. The Kier molecular flexibility index (Phi) is 9.53. The summed E-state index contributed by atoms with van der Waals surface area (Å²) in [7, 11) is 0. The third-order valence-corrected chi connectivity index (χ3v) is 8.77. The van der Waals surface area contributed by atoms with Crippen molar-refractivity contribution in [2.75, 3.05) is 13.1 Å². The van der Waals surface area contributed by atoms with E-state index in [9.17, 15) is 27.9 Å². The maximum Gasteiger partial charge on any atom is 0.433 e. The summed E-state index contributed by atoms with van der Waals surface area (Å²) in [6, 6.07) is 2.94. The van der Waals surface area contributed by atoms with E-state index in [0.717, 1.165) is 48.5 Å². The molecule has 0 aliphatic heterocycles. The average molecular weight is 588 g/mol. The normalized spacial score (nSPS) is 20.7. The van der Waals surface area contributed by atoms with Crippen LogP contribution in [0.2, 0.25) is 10.0 Å². The SMILES string of the molecule is Cc1cc(Cl)c(CCN(CC2CCCCC2)C(=O)c2cnn(C3CCC(C(=O)O)CC3)c2C(F)(F)F)c(Cl)c1. The van der Waals surface area contributed by atoms with E-state index in [1.807, 2.05) is 6.92 Å². The molecular weight excluding hydrogens is 554 g/mol. The average Bonchev–Trinajstić information content (AvgIpc) is 3.34. The van der Waals surface area contributed by atoms with E-state index in [1.54, 1.807) is 12.1 Å². The molecule has 39 heavy (non-hydrogen) atoms. The van der Waals surface area contributed by atoms with Crippen molar-refractivity contribution in [1.29, 1.82) is 0 Å². The Labute approximate surface area is 236 Å². The first-order valence-corrected chi connectivity index (χ1v) is 14.3. The molecule has 2 aliphatic rings. The zero-order valence-corrected chi connectivity index (χ0v) is 23.5. The zero-order valence-electron chi connectivity index (χ0n) is 21.9. The van der Waals surface area contributed by atoms with Crippen molar-refractivity contribution < 1.29 is 27.9 Å². The highest BCUT2D eigenvalue weighted by molar-refractivity contribution is 6.36. The van der Waals surface area contributed by atoms with Crippen LogP contribution in [0.1, 0.15) is 91.0 Å².